The quantitative estimate of drug-likeness (QED) is 0.530. The molecule has 5 nitrogen and oxygen atoms in total. The van der Waals surface area contributed by atoms with Crippen molar-refractivity contribution in [2.45, 2.75) is 59.2 Å². The molecule has 1 rings (SSSR count). The Balaban J connectivity index is 2.71. The zero-order valence-electron chi connectivity index (χ0n) is 15.3. The molecule has 24 heavy (non-hydrogen) atoms. The van der Waals surface area contributed by atoms with Gasteiger partial charge in [0.15, 0.2) is 0 Å². The summed E-state index contributed by atoms with van der Waals surface area (Å²) in [6.07, 6.45) is 1.31. The molecule has 0 radical (unpaired) electrons. The monoisotopic (exact) mass is 336 g/mol. The second-order valence-corrected chi connectivity index (χ2v) is 6.67. The predicted molar refractivity (Wildman–Crippen MR) is 92.2 cm³/mol. The van der Waals surface area contributed by atoms with Crippen molar-refractivity contribution in [2.75, 3.05) is 13.2 Å². The minimum Gasteiger partial charge on any atom is -0.462 e. The van der Waals surface area contributed by atoms with Gasteiger partial charge in [-0.2, -0.15) is 0 Å². The van der Waals surface area contributed by atoms with Gasteiger partial charge >= 0.3 is 11.9 Å². The van der Waals surface area contributed by atoms with Crippen LogP contribution in [0.1, 0.15) is 68.2 Å². The van der Waals surface area contributed by atoms with Crippen LogP contribution >= 0.6 is 0 Å². The highest BCUT2D eigenvalue weighted by atomic mass is 16.6. The molecule has 0 saturated carbocycles. The maximum Gasteiger partial charge on any atom is 0.339 e. The second-order valence-electron chi connectivity index (χ2n) is 6.67. The van der Waals surface area contributed by atoms with Crippen molar-refractivity contribution in [3.8, 4) is 0 Å². The summed E-state index contributed by atoms with van der Waals surface area (Å²) in [7, 11) is 0. The SMILES string of the molecule is CCCCOC(=O)c1ccccc1C(=O)OC(C)COC(C)(C)C. The van der Waals surface area contributed by atoms with E-state index in [0.717, 1.165) is 12.8 Å². The topological polar surface area (TPSA) is 61.8 Å². The van der Waals surface area contributed by atoms with Gasteiger partial charge in [-0.05, 0) is 46.2 Å². The first-order valence-corrected chi connectivity index (χ1v) is 8.35. The van der Waals surface area contributed by atoms with Gasteiger partial charge in [-0.3, -0.25) is 0 Å². The highest BCUT2D eigenvalue weighted by Gasteiger charge is 2.21. The Bertz CT molecular complexity index is 545. The molecule has 0 aliphatic carbocycles. The molecule has 0 spiro atoms. The van der Waals surface area contributed by atoms with Crippen LogP contribution in [0.15, 0.2) is 24.3 Å². The molecule has 1 aromatic rings. The maximum atomic E-state index is 12.3. The fourth-order valence-electron chi connectivity index (χ4n) is 1.87. The number of esters is 2. The second kappa shape index (κ2) is 9.42. The number of rotatable bonds is 8. The number of hydrogen-bond donors (Lipinski definition) is 0. The van der Waals surface area contributed by atoms with E-state index in [9.17, 15) is 9.59 Å². The van der Waals surface area contributed by atoms with E-state index in [1.165, 1.54) is 0 Å². The molecule has 0 fully saturated rings. The van der Waals surface area contributed by atoms with Crippen molar-refractivity contribution in [2.24, 2.45) is 0 Å². The Morgan fingerprint density at radius 2 is 1.67 bits per heavy atom. The Labute approximate surface area is 144 Å². The van der Waals surface area contributed by atoms with Gasteiger partial charge in [0.25, 0.3) is 0 Å². The summed E-state index contributed by atoms with van der Waals surface area (Å²) < 4.78 is 16.2. The van der Waals surface area contributed by atoms with E-state index in [1.807, 2.05) is 27.7 Å². The van der Waals surface area contributed by atoms with Crippen LogP contribution in [0.3, 0.4) is 0 Å². The average Bonchev–Trinajstić information content (AvgIpc) is 2.52. The number of carbonyl (C=O) groups excluding carboxylic acids is 2. The third-order valence-corrected chi connectivity index (χ3v) is 3.16. The van der Waals surface area contributed by atoms with E-state index in [0.29, 0.717) is 13.2 Å². The Hall–Kier alpha value is -1.88. The maximum absolute atomic E-state index is 12.3. The fraction of sp³-hybridized carbons (Fsp3) is 0.579. The van der Waals surface area contributed by atoms with Crippen molar-refractivity contribution in [3.05, 3.63) is 35.4 Å². The summed E-state index contributed by atoms with van der Waals surface area (Å²) in [6, 6.07) is 6.52. The summed E-state index contributed by atoms with van der Waals surface area (Å²) in [5.74, 6) is -1.06. The molecule has 0 aliphatic heterocycles. The van der Waals surface area contributed by atoms with Crippen LogP contribution in [0.4, 0.5) is 0 Å². The zero-order chi connectivity index (χ0) is 18.2. The number of unbranched alkanes of at least 4 members (excludes halogenated alkanes) is 1. The molecule has 0 amide bonds. The lowest BCUT2D eigenvalue weighted by atomic mass is 10.1. The van der Waals surface area contributed by atoms with Crippen LogP contribution in [0.5, 0.6) is 0 Å². The highest BCUT2D eigenvalue weighted by molar-refractivity contribution is 6.03. The van der Waals surface area contributed by atoms with Crippen LogP contribution in [0, 0.1) is 0 Å². The third-order valence-electron chi connectivity index (χ3n) is 3.16. The Morgan fingerprint density at radius 3 is 2.21 bits per heavy atom. The van der Waals surface area contributed by atoms with Crippen LogP contribution in [-0.4, -0.2) is 36.9 Å². The summed E-state index contributed by atoms with van der Waals surface area (Å²) in [6.45, 7) is 10.2. The molecular formula is C19H28O5. The van der Waals surface area contributed by atoms with E-state index < -0.39 is 18.0 Å². The molecule has 0 heterocycles. The van der Waals surface area contributed by atoms with Gasteiger partial charge in [-0.1, -0.05) is 25.5 Å². The summed E-state index contributed by atoms with van der Waals surface area (Å²) in [5, 5.41) is 0. The van der Waals surface area contributed by atoms with Crippen molar-refractivity contribution >= 4 is 11.9 Å². The predicted octanol–water partition coefficient (Wildman–Crippen LogP) is 4.00. The fourth-order valence-corrected chi connectivity index (χ4v) is 1.87. The van der Waals surface area contributed by atoms with Crippen LogP contribution in [-0.2, 0) is 14.2 Å². The highest BCUT2D eigenvalue weighted by Crippen LogP contribution is 2.14. The smallest absolute Gasteiger partial charge is 0.339 e. The standard InChI is InChI=1S/C19H28O5/c1-6-7-12-22-17(20)15-10-8-9-11-16(15)18(21)24-14(2)13-23-19(3,4)5/h8-11,14H,6-7,12-13H2,1-5H3. The van der Waals surface area contributed by atoms with E-state index in [-0.39, 0.29) is 16.7 Å². The van der Waals surface area contributed by atoms with Crippen molar-refractivity contribution in [1.82, 2.24) is 0 Å². The van der Waals surface area contributed by atoms with E-state index in [1.54, 1.807) is 31.2 Å². The number of benzene rings is 1. The van der Waals surface area contributed by atoms with Gasteiger partial charge in [-0.25, -0.2) is 9.59 Å². The molecule has 0 bridgehead atoms. The molecule has 0 aromatic heterocycles. The normalized spacial score (nSPS) is 12.5. The first-order chi connectivity index (χ1) is 11.2. The van der Waals surface area contributed by atoms with Gasteiger partial charge in [-0.15, -0.1) is 0 Å². The molecule has 134 valence electrons. The Morgan fingerprint density at radius 1 is 1.08 bits per heavy atom. The minimum absolute atomic E-state index is 0.210. The number of hydrogen-bond acceptors (Lipinski definition) is 5. The Kier molecular flexibility index (Phi) is 7.92. The molecule has 1 unspecified atom stereocenters. The summed E-state index contributed by atoms with van der Waals surface area (Å²) in [5.41, 5.74) is 0.130. The molecule has 1 atom stereocenters. The first-order valence-electron chi connectivity index (χ1n) is 8.35. The van der Waals surface area contributed by atoms with Gasteiger partial charge in [0.05, 0.1) is 29.9 Å². The van der Waals surface area contributed by atoms with Crippen LogP contribution in [0.25, 0.3) is 0 Å². The molecule has 1 aromatic carbocycles. The van der Waals surface area contributed by atoms with Gasteiger partial charge in [0.1, 0.15) is 6.10 Å². The third kappa shape index (κ3) is 7.13. The van der Waals surface area contributed by atoms with Crippen molar-refractivity contribution in [1.29, 1.82) is 0 Å². The van der Waals surface area contributed by atoms with Crippen LogP contribution in [0.2, 0.25) is 0 Å². The van der Waals surface area contributed by atoms with Gasteiger partial charge in [0, 0.05) is 0 Å². The van der Waals surface area contributed by atoms with Gasteiger partial charge < -0.3 is 14.2 Å². The minimum atomic E-state index is -0.553. The number of ether oxygens (including phenoxy) is 3. The van der Waals surface area contributed by atoms with Crippen LogP contribution < -0.4 is 0 Å². The lowest BCUT2D eigenvalue weighted by Gasteiger charge is -2.22. The average molecular weight is 336 g/mol. The molecule has 5 heteroatoms. The van der Waals surface area contributed by atoms with E-state index >= 15 is 0 Å². The first kappa shape index (κ1) is 20.2. The number of carbonyl (C=O) groups is 2. The van der Waals surface area contributed by atoms with Crippen molar-refractivity contribution < 1.29 is 23.8 Å². The molecule has 0 aliphatic rings. The zero-order valence-corrected chi connectivity index (χ0v) is 15.3. The lowest BCUT2D eigenvalue weighted by molar-refractivity contribution is -0.0531. The summed E-state index contributed by atoms with van der Waals surface area (Å²) >= 11 is 0. The largest absolute Gasteiger partial charge is 0.462 e. The summed E-state index contributed by atoms with van der Waals surface area (Å²) in [4.78, 5) is 24.5. The lowest BCUT2D eigenvalue weighted by Crippen LogP contribution is -2.28. The molecular weight excluding hydrogens is 308 g/mol. The van der Waals surface area contributed by atoms with E-state index in [2.05, 4.69) is 0 Å². The van der Waals surface area contributed by atoms with E-state index in [4.69, 9.17) is 14.2 Å². The van der Waals surface area contributed by atoms with Crippen molar-refractivity contribution in [3.63, 3.8) is 0 Å². The molecule has 0 N–H and O–H groups in total. The van der Waals surface area contributed by atoms with Gasteiger partial charge in [0.2, 0.25) is 0 Å². The molecule has 0 saturated heterocycles.